The van der Waals surface area contributed by atoms with Gasteiger partial charge in [-0.15, -0.1) is 10.2 Å². The third-order valence-corrected chi connectivity index (χ3v) is 6.01. The van der Waals surface area contributed by atoms with Crippen molar-refractivity contribution in [2.24, 2.45) is 5.92 Å². The zero-order valence-electron chi connectivity index (χ0n) is 18.2. The van der Waals surface area contributed by atoms with E-state index < -0.39 is 0 Å². The second-order valence-electron chi connectivity index (χ2n) is 7.80. The predicted octanol–water partition coefficient (Wildman–Crippen LogP) is 3.30. The van der Waals surface area contributed by atoms with Crippen LogP contribution in [0.25, 0.3) is 22.4 Å². The number of aromatic nitrogens is 4. The molecule has 9 heteroatoms. The number of ether oxygens (including phenoxy) is 1. The van der Waals surface area contributed by atoms with Crippen LogP contribution in [0, 0.1) is 5.92 Å². The molecule has 0 aliphatic carbocycles. The zero-order chi connectivity index (χ0) is 22.7. The van der Waals surface area contributed by atoms with Crippen molar-refractivity contribution in [2.45, 2.75) is 25.4 Å². The lowest BCUT2D eigenvalue weighted by Gasteiger charge is -2.12. The largest absolute Gasteiger partial charge is 0.497 e. The Labute approximate surface area is 189 Å². The van der Waals surface area contributed by atoms with Crippen molar-refractivity contribution < 1.29 is 9.53 Å². The highest BCUT2D eigenvalue weighted by Gasteiger charge is 2.18. The van der Waals surface area contributed by atoms with Gasteiger partial charge in [0.2, 0.25) is 11.7 Å². The second kappa shape index (κ2) is 9.44. The van der Waals surface area contributed by atoms with Gasteiger partial charge >= 0.3 is 0 Å². The van der Waals surface area contributed by atoms with E-state index in [1.54, 1.807) is 19.2 Å². The normalized spacial score (nSPS) is 11.4. The van der Waals surface area contributed by atoms with Gasteiger partial charge in [-0.2, -0.15) is 0 Å². The first-order valence-corrected chi connectivity index (χ1v) is 11.4. The summed E-state index contributed by atoms with van der Waals surface area (Å²) in [6.07, 6.45) is 0.932. The van der Waals surface area contributed by atoms with Crippen molar-refractivity contribution in [2.75, 3.05) is 19.4 Å². The van der Waals surface area contributed by atoms with Crippen LogP contribution in [-0.2, 0) is 4.79 Å². The number of methoxy groups -OCH3 is 1. The van der Waals surface area contributed by atoms with Gasteiger partial charge in [0.1, 0.15) is 5.75 Å². The summed E-state index contributed by atoms with van der Waals surface area (Å²) in [4.78, 5) is 25.6. The Morgan fingerprint density at radius 1 is 1.16 bits per heavy atom. The molecule has 32 heavy (non-hydrogen) atoms. The molecule has 4 aromatic rings. The van der Waals surface area contributed by atoms with Gasteiger partial charge in [0.05, 0.1) is 29.5 Å². The Bertz CT molecular complexity index is 1330. The summed E-state index contributed by atoms with van der Waals surface area (Å²) < 4.78 is 8.67. The molecule has 0 bridgehead atoms. The number of fused-ring (bicyclic) bond motifs is 3. The molecule has 0 aliphatic heterocycles. The van der Waals surface area contributed by atoms with Gasteiger partial charge < -0.3 is 10.1 Å². The van der Waals surface area contributed by atoms with Crippen molar-refractivity contribution in [3.8, 4) is 11.4 Å². The third-order valence-electron chi connectivity index (χ3n) is 5.08. The molecular weight excluding hydrogens is 426 g/mol. The van der Waals surface area contributed by atoms with Crippen molar-refractivity contribution in [3.05, 3.63) is 58.9 Å². The van der Waals surface area contributed by atoms with E-state index in [2.05, 4.69) is 29.4 Å². The van der Waals surface area contributed by atoms with Crippen LogP contribution in [0.1, 0.15) is 20.3 Å². The number of nitrogens with one attached hydrogen (secondary N) is 1. The fraction of sp³-hybridized carbons (Fsp3) is 0.304. The Kier molecular flexibility index (Phi) is 6.45. The summed E-state index contributed by atoms with van der Waals surface area (Å²) in [6, 6.07) is 14.6. The van der Waals surface area contributed by atoms with Gasteiger partial charge in [-0.05, 0) is 36.6 Å². The molecule has 0 fully saturated rings. The van der Waals surface area contributed by atoms with Crippen LogP contribution in [0.2, 0.25) is 0 Å². The molecule has 1 amide bonds. The first-order valence-electron chi connectivity index (χ1n) is 10.4. The number of hydrogen-bond acceptors (Lipinski definition) is 6. The molecule has 8 nitrogen and oxygen atoms in total. The van der Waals surface area contributed by atoms with Gasteiger partial charge in [0.25, 0.3) is 5.56 Å². The van der Waals surface area contributed by atoms with Crippen molar-refractivity contribution in [1.82, 2.24) is 24.5 Å². The first-order chi connectivity index (χ1) is 15.5. The molecule has 0 unspecified atom stereocenters. The highest BCUT2D eigenvalue weighted by molar-refractivity contribution is 7.99. The molecule has 2 heterocycles. The number of carbonyl (C=O) groups is 1. The quantitative estimate of drug-likeness (QED) is 0.414. The van der Waals surface area contributed by atoms with E-state index in [0.29, 0.717) is 45.7 Å². The van der Waals surface area contributed by atoms with E-state index in [9.17, 15) is 9.59 Å². The third kappa shape index (κ3) is 4.34. The lowest BCUT2D eigenvalue weighted by molar-refractivity contribution is -0.118. The number of amides is 1. The number of benzene rings is 2. The van der Waals surface area contributed by atoms with E-state index in [1.165, 1.54) is 16.3 Å². The highest BCUT2D eigenvalue weighted by Crippen LogP contribution is 2.24. The van der Waals surface area contributed by atoms with E-state index in [0.717, 1.165) is 6.42 Å². The maximum atomic E-state index is 13.4. The SMILES string of the molecule is COc1cccc(-n2c(=O)c3ccccc3n3c(SCC(=O)NCCC(C)C)nnc23)c1. The molecule has 0 spiro atoms. The van der Waals surface area contributed by atoms with Crippen LogP contribution in [-0.4, -0.2) is 44.5 Å². The summed E-state index contributed by atoms with van der Waals surface area (Å²) in [5.41, 5.74) is 1.12. The topological polar surface area (TPSA) is 90.5 Å². The first kappa shape index (κ1) is 21.9. The van der Waals surface area contributed by atoms with E-state index >= 15 is 0 Å². The minimum atomic E-state index is -0.197. The minimum absolute atomic E-state index is 0.0576. The fourth-order valence-electron chi connectivity index (χ4n) is 3.44. The Morgan fingerprint density at radius 3 is 2.75 bits per heavy atom. The summed E-state index contributed by atoms with van der Waals surface area (Å²) in [5.74, 6) is 1.70. The van der Waals surface area contributed by atoms with Gasteiger partial charge in [-0.1, -0.05) is 43.8 Å². The minimum Gasteiger partial charge on any atom is -0.497 e. The van der Waals surface area contributed by atoms with Crippen LogP contribution >= 0.6 is 11.8 Å². The van der Waals surface area contributed by atoms with Crippen LogP contribution in [0.4, 0.5) is 0 Å². The molecule has 166 valence electrons. The monoisotopic (exact) mass is 451 g/mol. The van der Waals surface area contributed by atoms with Gasteiger partial charge in [0, 0.05) is 12.6 Å². The molecule has 2 aromatic carbocycles. The van der Waals surface area contributed by atoms with Crippen molar-refractivity contribution in [3.63, 3.8) is 0 Å². The van der Waals surface area contributed by atoms with Gasteiger partial charge in [-0.3, -0.25) is 14.0 Å². The van der Waals surface area contributed by atoms with E-state index in [4.69, 9.17) is 4.74 Å². The number of rotatable bonds is 8. The van der Waals surface area contributed by atoms with Gasteiger partial charge in [-0.25, -0.2) is 4.57 Å². The average Bonchev–Trinajstić information content (AvgIpc) is 3.21. The number of thioether (sulfide) groups is 1. The maximum absolute atomic E-state index is 13.4. The second-order valence-corrected chi connectivity index (χ2v) is 8.74. The van der Waals surface area contributed by atoms with Crippen LogP contribution in [0.15, 0.2) is 58.5 Å². The number of hydrogen-bond donors (Lipinski definition) is 1. The van der Waals surface area contributed by atoms with Gasteiger partial charge in [0.15, 0.2) is 5.16 Å². The fourth-order valence-corrected chi connectivity index (χ4v) is 4.21. The van der Waals surface area contributed by atoms with Crippen LogP contribution in [0.3, 0.4) is 0 Å². The summed E-state index contributed by atoms with van der Waals surface area (Å²) in [5, 5.41) is 12.6. The Morgan fingerprint density at radius 2 is 1.97 bits per heavy atom. The molecule has 0 saturated carbocycles. The number of nitrogens with zero attached hydrogens (tertiary/aromatic N) is 4. The van der Waals surface area contributed by atoms with Crippen molar-refractivity contribution in [1.29, 1.82) is 0 Å². The molecular formula is C23H25N5O3S. The van der Waals surface area contributed by atoms with E-state index in [-0.39, 0.29) is 17.2 Å². The molecule has 0 saturated heterocycles. The van der Waals surface area contributed by atoms with Crippen molar-refractivity contribution >= 4 is 34.3 Å². The molecule has 2 aromatic heterocycles. The molecule has 0 atom stereocenters. The lowest BCUT2D eigenvalue weighted by atomic mass is 10.1. The Balaban J connectivity index is 1.76. The average molecular weight is 452 g/mol. The Hall–Kier alpha value is -3.33. The predicted molar refractivity (Wildman–Crippen MR) is 126 cm³/mol. The lowest BCUT2D eigenvalue weighted by Crippen LogP contribution is -2.27. The molecule has 4 rings (SSSR count). The molecule has 1 N–H and O–H groups in total. The number of carbonyl (C=O) groups excluding carboxylic acids is 1. The van der Waals surface area contributed by atoms with Crippen LogP contribution < -0.4 is 15.6 Å². The molecule has 0 radical (unpaired) electrons. The van der Waals surface area contributed by atoms with Crippen LogP contribution in [0.5, 0.6) is 5.75 Å². The van der Waals surface area contributed by atoms with E-state index in [1.807, 2.05) is 40.8 Å². The zero-order valence-corrected chi connectivity index (χ0v) is 19.1. The summed E-state index contributed by atoms with van der Waals surface area (Å²) in [7, 11) is 1.58. The summed E-state index contributed by atoms with van der Waals surface area (Å²) in [6.45, 7) is 4.89. The summed E-state index contributed by atoms with van der Waals surface area (Å²) >= 11 is 1.29. The number of para-hydroxylation sites is 1. The smallest absolute Gasteiger partial charge is 0.267 e. The molecule has 0 aliphatic rings. The standard InChI is InChI=1S/C23H25N5O3S/c1-15(2)11-12-24-20(29)14-32-23-26-25-22-27(16-7-6-8-17(13-16)31-3)21(30)18-9-4-5-10-19(18)28(22)23/h4-10,13,15H,11-12,14H2,1-3H3,(H,24,29). The maximum Gasteiger partial charge on any atom is 0.267 e. The highest BCUT2D eigenvalue weighted by atomic mass is 32.2.